The highest BCUT2D eigenvalue weighted by molar-refractivity contribution is 5.74. The molecule has 1 atom stereocenters. The minimum absolute atomic E-state index is 0.432. The normalized spacial score (nSPS) is 19.5. The molecule has 2 aliphatic heterocycles. The van der Waals surface area contributed by atoms with Crippen molar-refractivity contribution in [3.63, 3.8) is 0 Å². The smallest absolute Gasteiger partial charge is 0.116 e. The van der Waals surface area contributed by atoms with Gasteiger partial charge in [-0.1, -0.05) is 25.1 Å². The number of rotatable bonds is 1. The van der Waals surface area contributed by atoms with Gasteiger partial charge in [-0.2, -0.15) is 0 Å². The van der Waals surface area contributed by atoms with Gasteiger partial charge in [-0.05, 0) is 36.3 Å². The van der Waals surface area contributed by atoms with E-state index in [4.69, 9.17) is 0 Å². The molecule has 3 heterocycles. The molecule has 0 spiro atoms. The van der Waals surface area contributed by atoms with Crippen molar-refractivity contribution < 1.29 is 0 Å². The summed E-state index contributed by atoms with van der Waals surface area (Å²) in [5.74, 6) is 1.71. The Morgan fingerprint density at radius 3 is 2.73 bits per heavy atom. The molecule has 4 rings (SSSR count). The van der Waals surface area contributed by atoms with Gasteiger partial charge < -0.3 is 9.80 Å². The van der Waals surface area contributed by atoms with Gasteiger partial charge in [-0.3, -0.25) is 4.98 Å². The number of benzene rings is 1. The average molecular weight is 289 g/mol. The molecule has 1 aromatic carbocycles. The number of anilines is 1. The van der Waals surface area contributed by atoms with Crippen LogP contribution in [0.3, 0.4) is 0 Å². The van der Waals surface area contributed by atoms with Gasteiger partial charge in [-0.25, -0.2) is 0 Å². The molecular weight excluding hydrogens is 270 g/mol. The van der Waals surface area contributed by atoms with Crippen molar-refractivity contribution in [2.45, 2.75) is 19.8 Å². The Morgan fingerprint density at radius 2 is 1.95 bits per heavy atom. The third kappa shape index (κ3) is 1.78. The molecule has 110 valence electrons. The molecule has 3 nitrogen and oxygen atoms in total. The highest BCUT2D eigenvalue weighted by Gasteiger charge is 2.31. The number of fused-ring (bicyclic) bond motifs is 3. The van der Waals surface area contributed by atoms with E-state index in [-0.39, 0.29) is 0 Å². The van der Waals surface area contributed by atoms with E-state index in [9.17, 15) is 0 Å². The average Bonchev–Trinajstić information content (AvgIpc) is 2.95. The third-order valence-electron chi connectivity index (χ3n) is 4.72. The zero-order valence-corrected chi connectivity index (χ0v) is 13.1. The summed E-state index contributed by atoms with van der Waals surface area (Å²) in [6.07, 6.45) is 6.11. The zero-order valence-electron chi connectivity index (χ0n) is 13.1. The number of aromatic nitrogens is 1. The van der Waals surface area contributed by atoms with E-state index in [1.165, 1.54) is 22.6 Å². The van der Waals surface area contributed by atoms with Crippen LogP contribution in [0.1, 0.15) is 25.3 Å². The van der Waals surface area contributed by atoms with Crippen LogP contribution in [-0.4, -0.2) is 16.9 Å². The molecule has 22 heavy (non-hydrogen) atoms. The zero-order chi connectivity index (χ0) is 15.3. The molecule has 0 fully saturated rings. The monoisotopic (exact) mass is 289 g/mol. The van der Waals surface area contributed by atoms with Gasteiger partial charge in [0.05, 0.1) is 11.4 Å². The van der Waals surface area contributed by atoms with Crippen LogP contribution in [0, 0.1) is 0 Å². The molecule has 0 N–H and O–H groups in total. The lowest BCUT2D eigenvalue weighted by Crippen LogP contribution is -2.27. The van der Waals surface area contributed by atoms with Crippen molar-refractivity contribution in [3.8, 4) is 11.3 Å². The lowest BCUT2D eigenvalue weighted by molar-refractivity contribution is 0.560. The van der Waals surface area contributed by atoms with Crippen molar-refractivity contribution in [1.29, 1.82) is 0 Å². The van der Waals surface area contributed by atoms with Gasteiger partial charge >= 0.3 is 0 Å². The first-order valence-corrected chi connectivity index (χ1v) is 7.63. The van der Waals surface area contributed by atoms with E-state index < -0.39 is 0 Å². The number of pyridine rings is 1. The van der Waals surface area contributed by atoms with E-state index in [2.05, 4.69) is 72.3 Å². The lowest BCUT2D eigenvalue weighted by Gasteiger charge is -2.35. The van der Waals surface area contributed by atoms with Gasteiger partial charge in [0.1, 0.15) is 5.82 Å². The number of hydrogen-bond acceptors (Lipinski definition) is 3. The molecule has 3 heteroatoms. The fourth-order valence-corrected chi connectivity index (χ4v) is 3.38. The number of hydrogen-bond donors (Lipinski definition) is 0. The van der Waals surface area contributed by atoms with Gasteiger partial charge in [0.2, 0.25) is 0 Å². The predicted molar refractivity (Wildman–Crippen MR) is 90.2 cm³/mol. The number of allylic oxidation sites excluding steroid dienone is 1. The minimum atomic E-state index is 0.432. The first-order valence-electron chi connectivity index (χ1n) is 7.63. The summed E-state index contributed by atoms with van der Waals surface area (Å²) in [6.45, 7) is 4.51. The minimum Gasteiger partial charge on any atom is -0.336 e. The van der Waals surface area contributed by atoms with Gasteiger partial charge in [0.15, 0.2) is 0 Å². The Balaban J connectivity index is 1.88. The highest BCUT2D eigenvalue weighted by Crippen LogP contribution is 2.44. The maximum absolute atomic E-state index is 4.47. The molecule has 0 saturated heterocycles. The summed E-state index contributed by atoms with van der Waals surface area (Å²) in [5.41, 5.74) is 6.22. The van der Waals surface area contributed by atoms with Crippen LogP contribution in [-0.2, 0) is 0 Å². The molecule has 0 radical (unpaired) electrons. The van der Waals surface area contributed by atoms with E-state index in [1.54, 1.807) is 0 Å². The van der Waals surface area contributed by atoms with Gasteiger partial charge in [0, 0.05) is 37.1 Å². The molecular formula is C19H19N3. The van der Waals surface area contributed by atoms with E-state index in [0.29, 0.717) is 5.92 Å². The third-order valence-corrected chi connectivity index (χ3v) is 4.72. The predicted octanol–water partition coefficient (Wildman–Crippen LogP) is 4.32. The van der Waals surface area contributed by atoms with Crippen LogP contribution >= 0.6 is 0 Å². The second-order valence-corrected chi connectivity index (χ2v) is 6.00. The van der Waals surface area contributed by atoms with Crippen LogP contribution in [0.25, 0.3) is 11.3 Å². The first kappa shape index (κ1) is 13.1. The van der Waals surface area contributed by atoms with Crippen LogP contribution in [0.5, 0.6) is 0 Å². The Labute approximate surface area is 131 Å². The van der Waals surface area contributed by atoms with E-state index in [1.807, 2.05) is 18.3 Å². The molecule has 2 aromatic rings. The fourth-order valence-electron chi connectivity index (χ4n) is 3.38. The van der Waals surface area contributed by atoms with Crippen molar-refractivity contribution in [1.82, 2.24) is 9.88 Å². The second kappa shape index (κ2) is 4.73. The SMILES string of the molecule is CC1=C2N(C)C=CN2c2cc(-c3ccccn3)ccc2C1C. The summed E-state index contributed by atoms with van der Waals surface area (Å²) in [6, 6.07) is 12.7. The summed E-state index contributed by atoms with van der Waals surface area (Å²) in [7, 11) is 2.11. The van der Waals surface area contributed by atoms with Crippen LogP contribution < -0.4 is 4.90 Å². The molecule has 2 aliphatic rings. The van der Waals surface area contributed by atoms with E-state index >= 15 is 0 Å². The highest BCUT2D eigenvalue weighted by atomic mass is 15.4. The Hall–Kier alpha value is -2.55. The van der Waals surface area contributed by atoms with Crippen LogP contribution in [0.4, 0.5) is 5.69 Å². The molecule has 0 amide bonds. The number of nitrogens with zero attached hydrogens (tertiary/aromatic N) is 3. The van der Waals surface area contributed by atoms with Crippen LogP contribution in [0.2, 0.25) is 0 Å². The lowest BCUT2D eigenvalue weighted by atomic mass is 9.87. The molecule has 1 unspecified atom stereocenters. The van der Waals surface area contributed by atoms with Crippen molar-refractivity contribution in [2.75, 3.05) is 11.9 Å². The first-order chi connectivity index (χ1) is 10.7. The molecule has 1 aromatic heterocycles. The Bertz CT molecular complexity index is 790. The van der Waals surface area contributed by atoms with E-state index in [0.717, 1.165) is 11.3 Å². The van der Waals surface area contributed by atoms with Gasteiger partial charge in [-0.15, -0.1) is 0 Å². The summed E-state index contributed by atoms with van der Waals surface area (Å²) < 4.78 is 0. The maximum Gasteiger partial charge on any atom is 0.116 e. The summed E-state index contributed by atoms with van der Waals surface area (Å²) in [4.78, 5) is 8.96. The Kier molecular flexibility index (Phi) is 2.83. The van der Waals surface area contributed by atoms with Crippen molar-refractivity contribution in [3.05, 3.63) is 72.0 Å². The standard InChI is InChI=1S/C19H19N3/c1-13-14(2)19-21(3)10-11-22(19)18-12-15(7-8-16(13)18)17-6-4-5-9-20-17/h4-13H,1-3H3. The fraction of sp³-hybridized carbons (Fsp3) is 0.211. The largest absolute Gasteiger partial charge is 0.336 e. The summed E-state index contributed by atoms with van der Waals surface area (Å²) in [5, 5.41) is 0. The van der Waals surface area contributed by atoms with Gasteiger partial charge in [0.25, 0.3) is 0 Å². The van der Waals surface area contributed by atoms with Crippen molar-refractivity contribution >= 4 is 5.69 Å². The van der Waals surface area contributed by atoms with Crippen molar-refractivity contribution in [2.24, 2.45) is 0 Å². The molecule has 0 bridgehead atoms. The molecule has 0 aliphatic carbocycles. The summed E-state index contributed by atoms with van der Waals surface area (Å²) >= 11 is 0. The molecule has 0 saturated carbocycles. The van der Waals surface area contributed by atoms with Crippen LogP contribution in [0.15, 0.2) is 66.4 Å². The topological polar surface area (TPSA) is 19.4 Å². The second-order valence-electron chi connectivity index (χ2n) is 6.00. The Morgan fingerprint density at radius 1 is 1.09 bits per heavy atom. The quantitative estimate of drug-likeness (QED) is 0.779. The maximum atomic E-state index is 4.47.